The van der Waals surface area contributed by atoms with E-state index in [-0.39, 0.29) is 32.3 Å². The summed E-state index contributed by atoms with van der Waals surface area (Å²) in [6.45, 7) is 2.53. The van der Waals surface area contributed by atoms with Gasteiger partial charge in [0.25, 0.3) is 0 Å². The van der Waals surface area contributed by atoms with Crippen LogP contribution < -0.4 is 5.73 Å². The van der Waals surface area contributed by atoms with Crippen LogP contribution in [0.15, 0.2) is 0 Å². The van der Waals surface area contributed by atoms with Crippen LogP contribution in [0.4, 0.5) is 0 Å². The topological polar surface area (TPSA) is 108 Å². The first-order valence-electron chi connectivity index (χ1n) is 12.5. The zero-order valence-electron chi connectivity index (χ0n) is 19.9. The Labute approximate surface area is 190 Å². The predicted molar refractivity (Wildman–Crippen MR) is 126 cm³/mol. The van der Waals surface area contributed by atoms with E-state index in [4.69, 9.17) is 15.0 Å². The Morgan fingerprint density at radius 2 is 1.16 bits per heavy atom. The van der Waals surface area contributed by atoms with Gasteiger partial charge in [-0.15, -0.1) is 0 Å². The van der Waals surface area contributed by atoms with Gasteiger partial charge in [-0.2, -0.15) is 0 Å². The lowest BCUT2D eigenvalue weighted by atomic mass is 10.0. The maximum Gasteiger partial charge on any atom is 0.472 e. The molecule has 0 amide bonds. The van der Waals surface area contributed by atoms with Crippen LogP contribution in [0.25, 0.3) is 0 Å². The number of ether oxygens (including phenoxy) is 1. The van der Waals surface area contributed by atoms with Crippen molar-refractivity contribution >= 4 is 13.8 Å². The van der Waals surface area contributed by atoms with Crippen LogP contribution in [-0.2, 0) is 23.1 Å². The number of unbranched alkanes of at least 4 members (excludes halogenated alkanes) is 14. The fourth-order valence-corrected chi connectivity index (χ4v) is 4.11. The van der Waals surface area contributed by atoms with Gasteiger partial charge in [-0.1, -0.05) is 96.8 Å². The maximum atomic E-state index is 11.7. The van der Waals surface area contributed by atoms with Gasteiger partial charge in [0.2, 0.25) is 0 Å². The van der Waals surface area contributed by atoms with Crippen molar-refractivity contribution in [3.63, 3.8) is 0 Å². The van der Waals surface area contributed by atoms with E-state index in [2.05, 4.69) is 11.4 Å². The fourth-order valence-electron chi connectivity index (χ4n) is 3.34. The van der Waals surface area contributed by atoms with Crippen molar-refractivity contribution < 1.29 is 28.0 Å². The lowest BCUT2D eigenvalue weighted by molar-refractivity contribution is -0.144. The average molecular weight is 466 g/mol. The second-order valence-corrected chi connectivity index (χ2v) is 9.65. The minimum Gasteiger partial charge on any atom is -0.466 e. The van der Waals surface area contributed by atoms with E-state index in [1.807, 2.05) is 0 Å². The largest absolute Gasteiger partial charge is 0.472 e. The molecule has 1 atom stereocenters. The second kappa shape index (κ2) is 22.7. The standard InChI is InChI=1S/C23H48NO6P/c1-2-3-4-5-6-7-8-9-10-11-12-13-14-15-16-18-23(25)28-20-17-21-29-31(26,27)30-22-19-24/h2-22,24H2,1H3,(H,26,27). The number of esters is 1. The summed E-state index contributed by atoms with van der Waals surface area (Å²) in [7, 11) is -4.04. The highest BCUT2D eigenvalue weighted by atomic mass is 31.2. The fraction of sp³-hybridized carbons (Fsp3) is 0.957. The molecule has 0 aromatic carbocycles. The molecule has 0 bridgehead atoms. The molecule has 0 rings (SSSR count). The molecule has 0 aliphatic heterocycles. The average Bonchev–Trinajstić information content (AvgIpc) is 2.74. The number of phosphoric acid groups is 1. The second-order valence-electron chi connectivity index (χ2n) is 8.20. The van der Waals surface area contributed by atoms with E-state index in [1.54, 1.807) is 0 Å². The third kappa shape index (κ3) is 24.0. The van der Waals surface area contributed by atoms with Crippen LogP contribution in [0.3, 0.4) is 0 Å². The smallest absolute Gasteiger partial charge is 0.466 e. The van der Waals surface area contributed by atoms with Gasteiger partial charge >= 0.3 is 13.8 Å². The predicted octanol–water partition coefficient (Wildman–Crippen LogP) is 6.27. The number of hydrogen-bond donors (Lipinski definition) is 2. The molecule has 0 radical (unpaired) electrons. The summed E-state index contributed by atoms with van der Waals surface area (Å²) in [5.41, 5.74) is 5.19. The molecule has 0 aromatic rings. The molecule has 0 aromatic heterocycles. The molecule has 8 heteroatoms. The molecule has 1 unspecified atom stereocenters. The Morgan fingerprint density at radius 3 is 1.65 bits per heavy atom. The van der Waals surface area contributed by atoms with E-state index in [9.17, 15) is 14.3 Å². The molecular formula is C23H48NO6P. The number of carbonyl (C=O) groups is 1. The summed E-state index contributed by atoms with van der Waals surface area (Å²) in [6, 6.07) is 0. The SMILES string of the molecule is CCCCCCCCCCCCCCCCCC(=O)OCCCOP(=O)(O)OCCN. The molecule has 0 fully saturated rings. The molecular weight excluding hydrogens is 417 g/mol. The lowest BCUT2D eigenvalue weighted by Gasteiger charge is -2.11. The Balaban J connectivity index is 3.28. The number of rotatable bonds is 24. The Kier molecular flexibility index (Phi) is 22.4. The number of nitrogens with two attached hydrogens (primary N) is 1. The Hall–Kier alpha value is -0.460. The van der Waals surface area contributed by atoms with Crippen molar-refractivity contribution in [2.45, 2.75) is 116 Å². The van der Waals surface area contributed by atoms with Crippen LogP contribution in [0.1, 0.15) is 116 Å². The van der Waals surface area contributed by atoms with Gasteiger partial charge < -0.3 is 15.4 Å². The highest BCUT2D eigenvalue weighted by Crippen LogP contribution is 2.42. The minimum absolute atomic E-state index is 0.00934. The van der Waals surface area contributed by atoms with Gasteiger partial charge in [-0.3, -0.25) is 13.8 Å². The van der Waals surface area contributed by atoms with Gasteiger partial charge in [0, 0.05) is 19.4 Å². The first-order valence-corrected chi connectivity index (χ1v) is 14.0. The Bertz CT molecular complexity index is 450. The first kappa shape index (κ1) is 30.5. The van der Waals surface area contributed by atoms with Crippen molar-refractivity contribution in [2.75, 3.05) is 26.4 Å². The highest BCUT2D eigenvalue weighted by molar-refractivity contribution is 7.47. The summed E-state index contributed by atoms with van der Waals surface area (Å²) in [4.78, 5) is 21.0. The monoisotopic (exact) mass is 465 g/mol. The first-order chi connectivity index (χ1) is 15.0. The van der Waals surface area contributed by atoms with Gasteiger partial charge in [0.1, 0.15) is 0 Å². The molecule has 31 heavy (non-hydrogen) atoms. The van der Waals surface area contributed by atoms with Crippen molar-refractivity contribution in [3.05, 3.63) is 0 Å². The van der Waals surface area contributed by atoms with Gasteiger partial charge in [0.05, 0.1) is 19.8 Å². The van der Waals surface area contributed by atoms with Crippen molar-refractivity contribution in [3.8, 4) is 0 Å². The third-order valence-electron chi connectivity index (χ3n) is 5.16. The molecule has 186 valence electrons. The van der Waals surface area contributed by atoms with Crippen LogP contribution in [0, 0.1) is 0 Å². The van der Waals surface area contributed by atoms with Crippen molar-refractivity contribution in [2.24, 2.45) is 5.73 Å². The van der Waals surface area contributed by atoms with Gasteiger partial charge in [0.15, 0.2) is 0 Å². The Morgan fingerprint density at radius 1 is 0.710 bits per heavy atom. The lowest BCUT2D eigenvalue weighted by Crippen LogP contribution is -2.10. The number of phosphoric ester groups is 1. The van der Waals surface area contributed by atoms with Crippen molar-refractivity contribution in [1.29, 1.82) is 0 Å². The summed E-state index contributed by atoms with van der Waals surface area (Å²) in [5.74, 6) is -0.221. The highest BCUT2D eigenvalue weighted by Gasteiger charge is 2.19. The van der Waals surface area contributed by atoms with E-state index in [0.29, 0.717) is 12.8 Å². The summed E-state index contributed by atoms with van der Waals surface area (Å²) in [6.07, 6.45) is 20.2. The molecule has 0 spiro atoms. The molecule has 0 aliphatic carbocycles. The molecule has 3 N–H and O–H groups in total. The van der Waals surface area contributed by atoms with Crippen LogP contribution in [0.2, 0.25) is 0 Å². The molecule has 0 aliphatic rings. The van der Waals surface area contributed by atoms with Gasteiger partial charge in [-0.25, -0.2) is 4.57 Å². The molecule has 7 nitrogen and oxygen atoms in total. The van der Waals surface area contributed by atoms with Crippen LogP contribution in [0.5, 0.6) is 0 Å². The van der Waals surface area contributed by atoms with E-state index >= 15 is 0 Å². The van der Waals surface area contributed by atoms with E-state index in [1.165, 1.54) is 83.5 Å². The molecule has 0 saturated heterocycles. The van der Waals surface area contributed by atoms with Gasteiger partial charge in [-0.05, 0) is 6.42 Å². The van der Waals surface area contributed by atoms with E-state index in [0.717, 1.165) is 12.8 Å². The molecule has 0 heterocycles. The summed E-state index contributed by atoms with van der Waals surface area (Å²) < 4.78 is 25.8. The number of carbonyl (C=O) groups excluding carboxylic acids is 1. The zero-order valence-corrected chi connectivity index (χ0v) is 20.8. The quantitative estimate of drug-likeness (QED) is 0.0982. The summed E-state index contributed by atoms with van der Waals surface area (Å²) >= 11 is 0. The normalized spacial score (nSPS) is 13.3. The maximum absolute atomic E-state index is 11.7. The molecule has 0 saturated carbocycles. The number of hydrogen-bond acceptors (Lipinski definition) is 6. The third-order valence-corrected chi connectivity index (χ3v) is 6.18. The van der Waals surface area contributed by atoms with Crippen LogP contribution in [-0.4, -0.2) is 37.2 Å². The summed E-state index contributed by atoms with van der Waals surface area (Å²) in [5, 5.41) is 0. The zero-order chi connectivity index (χ0) is 23.0. The minimum atomic E-state index is -4.04. The van der Waals surface area contributed by atoms with Crippen molar-refractivity contribution in [1.82, 2.24) is 0 Å². The van der Waals surface area contributed by atoms with Crippen LogP contribution >= 0.6 is 7.82 Å². The van der Waals surface area contributed by atoms with E-state index < -0.39 is 7.82 Å².